The Morgan fingerprint density at radius 1 is 1.19 bits per heavy atom. The molecule has 0 spiro atoms. The molecular weight excluding hydrogens is 346 g/mol. The molecule has 1 N–H and O–H groups in total. The monoisotopic (exact) mass is 363 g/mol. The number of aliphatic imine (C=N–C) groups is 1. The highest BCUT2D eigenvalue weighted by Crippen LogP contribution is 2.38. The third-order valence-electron chi connectivity index (χ3n) is 5.07. The Morgan fingerprint density at radius 2 is 1.93 bits per heavy atom. The van der Waals surface area contributed by atoms with E-state index in [1.54, 1.807) is 12.2 Å². The summed E-state index contributed by atoms with van der Waals surface area (Å²) in [7, 11) is 0. The van der Waals surface area contributed by atoms with E-state index in [0.717, 1.165) is 37.0 Å². The number of rotatable bonds is 2. The molecule has 1 atom stereocenters. The SMILES string of the molecule is O=C1NC2=CC(=NC(=O)c3ccc([N+](=O)[O-])cc3)C=CC2C2=C1CCCC2. The van der Waals surface area contributed by atoms with Crippen LogP contribution >= 0.6 is 0 Å². The Labute approximate surface area is 155 Å². The first-order valence-electron chi connectivity index (χ1n) is 8.83. The van der Waals surface area contributed by atoms with Crippen molar-refractivity contribution in [3.05, 3.63) is 75.0 Å². The lowest BCUT2D eigenvalue weighted by Gasteiger charge is -2.33. The van der Waals surface area contributed by atoms with Crippen LogP contribution in [0.25, 0.3) is 0 Å². The minimum atomic E-state index is -0.519. The van der Waals surface area contributed by atoms with Gasteiger partial charge in [0.25, 0.3) is 17.5 Å². The summed E-state index contributed by atoms with van der Waals surface area (Å²) >= 11 is 0. The summed E-state index contributed by atoms with van der Waals surface area (Å²) in [5.41, 5.74) is 3.46. The molecule has 0 fully saturated rings. The number of carbonyl (C=O) groups is 2. The second-order valence-electron chi connectivity index (χ2n) is 6.75. The number of nitrogens with one attached hydrogen (secondary N) is 1. The Balaban J connectivity index is 1.58. The van der Waals surface area contributed by atoms with Gasteiger partial charge >= 0.3 is 0 Å². The highest BCUT2D eigenvalue weighted by Gasteiger charge is 2.33. The van der Waals surface area contributed by atoms with E-state index in [1.807, 2.05) is 6.08 Å². The van der Waals surface area contributed by atoms with Crippen molar-refractivity contribution in [2.45, 2.75) is 25.7 Å². The zero-order valence-corrected chi connectivity index (χ0v) is 14.5. The maximum absolute atomic E-state index is 12.3. The van der Waals surface area contributed by atoms with Gasteiger partial charge in [-0.2, -0.15) is 0 Å². The lowest BCUT2D eigenvalue weighted by Crippen LogP contribution is -2.37. The molecule has 2 amide bonds. The first-order chi connectivity index (χ1) is 13.0. The molecule has 1 aliphatic heterocycles. The minimum absolute atomic E-state index is 0.0476. The van der Waals surface area contributed by atoms with Crippen molar-refractivity contribution in [2.24, 2.45) is 10.9 Å². The molecule has 1 unspecified atom stereocenters. The molecule has 0 bridgehead atoms. The molecule has 136 valence electrons. The van der Waals surface area contributed by atoms with Crippen LogP contribution in [-0.2, 0) is 4.79 Å². The van der Waals surface area contributed by atoms with Crippen LogP contribution < -0.4 is 5.32 Å². The maximum atomic E-state index is 12.3. The quantitative estimate of drug-likeness (QED) is 0.643. The number of non-ortho nitro benzene ring substituents is 1. The number of allylic oxidation sites excluding steroid dienone is 3. The maximum Gasteiger partial charge on any atom is 0.277 e. The summed E-state index contributed by atoms with van der Waals surface area (Å²) in [4.78, 5) is 38.9. The van der Waals surface area contributed by atoms with Gasteiger partial charge in [0.2, 0.25) is 0 Å². The van der Waals surface area contributed by atoms with Crippen LogP contribution in [0.4, 0.5) is 5.69 Å². The fourth-order valence-corrected chi connectivity index (χ4v) is 3.73. The van der Waals surface area contributed by atoms with Gasteiger partial charge in [-0.25, -0.2) is 4.99 Å². The van der Waals surface area contributed by atoms with Gasteiger partial charge < -0.3 is 5.32 Å². The lowest BCUT2D eigenvalue weighted by molar-refractivity contribution is -0.384. The fourth-order valence-electron chi connectivity index (χ4n) is 3.73. The summed E-state index contributed by atoms with van der Waals surface area (Å²) < 4.78 is 0. The molecule has 4 rings (SSSR count). The van der Waals surface area contributed by atoms with Crippen LogP contribution in [0.5, 0.6) is 0 Å². The molecule has 0 saturated heterocycles. The summed E-state index contributed by atoms with van der Waals surface area (Å²) in [6, 6.07) is 5.32. The van der Waals surface area contributed by atoms with Crippen molar-refractivity contribution in [3.63, 3.8) is 0 Å². The zero-order chi connectivity index (χ0) is 19.0. The number of benzene rings is 1. The van der Waals surface area contributed by atoms with Gasteiger partial charge in [0.05, 0.1) is 10.6 Å². The normalized spacial score (nSPS) is 22.7. The summed E-state index contributed by atoms with van der Waals surface area (Å²) in [6.07, 6.45) is 9.35. The van der Waals surface area contributed by atoms with Crippen LogP contribution in [0.2, 0.25) is 0 Å². The van der Waals surface area contributed by atoms with Crippen molar-refractivity contribution in [1.82, 2.24) is 5.32 Å². The van der Waals surface area contributed by atoms with E-state index in [-0.39, 0.29) is 23.1 Å². The molecule has 3 aliphatic rings. The van der Waals surface area contributed by atoms with Crippen LogP contribution in [0.3, 0.4) is 0 Å². The van der Waals surface area contributed by atoms with Gasteiger partial charge in [-0.05, 0) is 55.5 Å². The van der Waals surface area contributed by atoms with E-state index in [9.17, 15) is 19.7 Å². The van der Waals surface area contributed by atoms with Crippen molar-refractivity contribution >= 4 is 23.2 Å². The molecule has 2 aliphatic carbocycles. The van der Waals surface area contributed by atoms with Crippen LogP contribution in [0.15, 0.2) is 64.3 Å². The third-order valence-corrected chi connectivity index (χ3v) is 5.07. The Bertz CT molecular complexity index is 967. The first kappa shape index (κ1) is 17.1. The predicted octanol–water partition coefficient (Wildman–Crippen LogP) is 3.25. The molecule has 0 radical (unpaired) electrons. The third kappa shape index (κ3) is 3.23. The molecule has 0 aromatic heterocycles. The number of nitro groups is 1. The zero-order valence-electron chi connectivity index (χ0n) is 14.5. The van der Waals surface area contributed by atoms with Crippen molar-refractivity contribution < 1.29 is 14.5 Å². The van der Waals surface area contributed by atoms with Crippen molar-refractivity contribution in [3.8, 4) is 0 Å². The number of carbonyl (C=O) groups excluding carboxylic acids is 2. The van der Waals surface area contributed by atoms with Gasteiger partial charge in [0.15, 0.2) is 0 Å². The number of nitro benzene ring substituents is 1. The van der Waals surface area contributed by atoms with Crippen LogP contribution in [0.1, 0.15) is 36.0 Å². The van der Waals surface area contributed by atoms with E-state index in [1.165, 1.54) is 29.8 Å². The first-order valence-corrected chi connectivity index (χ1v) is 8.83. The van der Waals surface area contributed by atoms with Gasteiger partial charge in [-0.15, -0.1) is 0 Å². The van der Waals surface area contributed by atoms with Gasteiger partial charge in [0, 0.05) is 34.9 Å². The average molecular weight is 363 g/mol. The van der Waals surface area contributed by atoms with Crippen molar-refractivity contribution in [1.29, 1.82) is 0 Å². The Kier molecular flexibility index (Phi) is 4.27. The van der Waals surface area contributed by atoms with E-state index < -0.39 is 10.8 Å². The smallest absolute Gasteiger partial charge is 0.277 e. The summed E-state index contributed by atoms with van der Waals surface area (Å²) in [6.45, 7) is 0. The molecule has 1 aromatic rings. The topological polar surface area (TPSA) is 102 Å². The average Bonchev–Trinajstić information content (AvgIpc) is 2.68. The second kappa shape index (κ2) is 6.75. The van der Waals surface area contributed by atoms with Crippen LogP contribution in [0, 0.1) is 16.0 Å². The summed E-state index contributed by atoms with van der Waals surface area (Å²) in [5, 5.41) is 13.6. The van der Waals surface area contributed by atoms with E-state index in [4.69, 9.17) is 0 Å². The standard InChI is InChI=1S/C20H17N3O4/c24-19(12-5-8-14(9-6-12)23(26)27)21-13-7-10-16-15-3-1-2-4-17(15)20(25)22-18(16)11-13/h5-11,16H,1-4H2,(H,22,25). The molecular formula is C20H17N3O4. The number of fused-ring (bicyclic) bond motifs is 2. The Morgan fingerprint density at radius 3 is 2.67 bits per heavy atom. The van der Waals surface area contributed by atoms with Gasteiger partial charge in [-0.1, -0.05) is 6.08 Å². The highest BCUT2D eigenvalue weighted by molar-refractivity contribution is 6.14. The minimum Gasteiger partial charge on any atom is -0.325 e. The number of nitrogens with zero attached hydrogens (tertiary/aromatic N) is 2. The van der Waals surface area contributed by atoms with Gasteiger partial charge in [0.1, 0.15) is 0 Å². The van der Waals surface area contributed by atoms with E-state index in [0.29, 0.717) is 5.71 Å². The van der Waals surface area contributed by atoms with E-state index >= 15 is 0 Å². The lowest BCUT2D eigenvalue weighted by atomic mass is 9.77. The summed E-state index contributed by atoms with van der Waals surface area (Å²) in [5.74, 6) is -0.491. The molecule has 7 heteroatoms. The van der Waals surface area contributed by atoms with Crippen LogP contribution in [-0.4, -0.2) is 22.4 Å². The predicted molar refractivity (Wildman–Crippen MR) is 99.2 cm³/mol. The van der Waals surface area contributed by atoms with Gasteiger partial charge in [-0.3, -0.25) is 19.7 Å². The number of hydrogen-bond donors (Lipinski definition) is 1. The largest absolute Gasteiger partial charge is 0.325 e. The number of amides is 2. The molecule has 1 heterocycles. The molecule has 0 saturated carbocycles. The molecule has 27 heavy (non-hydrogen) atoms. The molecule has 1 aromatic carbocycles. The second-order valence-corrected chi connectivity index (χ2v) is 6.75. The Hall–Kier alpha value is -3.35. The van der Waals surface area contributed by atoms with E-state index in [2.05, 4.69) is 10.3 Å². The number of hydrogen-bond acceptors (Lipinski definition) is 4. The highest BCUT2D eigenvalue weighted by atomic mass is 16.6. The fraction of sp³-hybridized carbons (Fsp3) is 0.250. The van der Waals surface area contributed by atoms with Crippen molar-refractivity contribution in [2.75, 3.05) is 0 Å². The molecule has 7 nitrogen and oxygen atoms in total.